The number of rotatable bonds is 3. The topological polar surface area (TPSA) is 103 Å². The molecule has 0 spiro atoms. The molecule has 0 bridgehead atoms. The van der Waals surface area contributed by atoms with Crippen LogP contribution in [0.2, 0.25) is 5.02 Å². The third-order valence-corrected chi connectivity index (χ3v) is 8.55. The number of aromatic nitrogens is 4. The van der Waals surface area contributed by atoms with Gasteiger partial charge in [-0.1, -0.05) is 23.7 Å². The molecular weight excluding hydrogens is 587 g/mol. The summed E-state index contributed by atoms with van der Waals surface area (Å²) in [6.45, 7) is 8.55. The van der Waals surface area contributed by atoms with Crippen LogP contribution < -0.4 is 15.3 Å². The number of piperazine rings is 1. The predicted molar refractivity (Wildman–Crippen MR) is 164 cm³/mol. The molecule has 0 radical (unpaired) electrons. The number of amides is 1. The molecule has 228 valence electrons. The highest BCUT2D eigenvalue weighted by atomic mass is 35.5. The van der Waals surface area contributed by atoms with Crippen LogP contribution in [0.4, 0.5) is 15.0 Å². The van der Waals surface area contributed by atoms with Crippen molar-refractivity contribution < 1.29 is 18.7 Å². The highest BCUT2D eigenvalue weighted by Gasteiger charge is 2.39. The van der Waals surface area contributed by atoms with Crippen molar-refractivity contribution in [3.05, 3.63) is 69.1 Å². The quantitative estimate of drug-likeness (QED) is 0.291. The molecule has 0 unspecified atom stereocenters. The molecular formula is C32H32ClFN6O4. The van der Waals surface area contributed by atoms with Crippen LogP contribution in [-0.4, -0.2) is 68.4 Å². The monoisotopic (exact) mass is 618 g/mol. The van der Waals surface area contributed by atoms with Crippen molar-refractivity contribution in [2.75, 3.05) is 31.1 Å². The Morgan fingerprint density at radius 1 is 1.14 bits per heavy atom. The van der Waals surface area contributed by atoms with Crippen LogP contribution in [-0.2, 0) is 4.74 Å². The summed E-state index contributed by atoms with van der Waals surface area (Å²) >= 11 is 7.00. The van der Waals surface area contributed by atoms with E-state index in [1.165, 1.54) is 10.6 Å². The van der Waals surface area contributed by atoms with Gasteiger partial charge in [0.2, 0.25) is 0 Å². The lowest BCUT2D eigenvalue weighted by Crippen LogP contribution is -2.57. The fourth-order valence-electron chi connectivity index (χ4n) is 6.02. The largest absolute Gasteiger partial charge is 0.489 e. The summed E-state index contributed by atoms with van der Waals surface area (Å²) in [4.78, 5) is 44.9. The highest BCUT2D eigenvalue weighted by molar-refractivity contribution is 6.36. The average Bonchev–Trinajstić information content (AvgIpc) is 3.82. The zero-order chi connectivity index (χ0) is 30.9. The van der Waals surface area contributed by atoms with Crippen molar-refractivity contribution >= 4 is 34.5 Å². The Morgan fingerprint density at radius 3 is 2.64 bits per heavy atom. The molecule has 12 heteroatoms. The van der Waals surface area contributed by atoms with Crippen LogP contribution in [0.5, 0.6) is 5.75 Å². The van der Waals surface area contributed by atoms with E-state index in [4.69, 9.17) is 26.1 Å². The van der Waals surface area contributed by atoms with Crippen LogP contribution >= 0.6 is 11.6 Å². The molecule has 10 nitrogen and oxygen atoms in total. The van der Waals surface area contributed by atoms with Crippen molar-refractivity contribution in [3.8, 4) is 22.7 Å². The number of benzene rings is 1. The van der Waals surface area contributed by atoms with Crippen molar-refractivity contribution in [1.29, 1.82) is 0 Å². The molecule has 7 rings (SSSR count). The smallest absolute Gasteiger partial charge is 0.410 e. The number of aryl methyl sites for hydroxylation is 1. The van der Waals surface area contributed by atoms with Crippen LogP contribution in [0.3, 0.4) is 0 Å². The summed E-state index contributed by atoms with van der Waals surface area (Å²) < 4.78 is 28.7. The molecule has 1 atom stereocenters. The lowest BCUT2D eigenvalue weighted by atomic mass is 10.1. The second-order valence-electron chi connectivity index (χ2n) is 12.6. The van der Waals surface area contributed by atoms with E-state index >= 15 is 4.39 Å². The Labute approximate surface area is 258 Å². The maximum atomic E-state index is 15.2. The number of hydrogen-bond donors (Lipinski definition) is 0. The van der Waals surface area contributed by atoms with Gasteiger partial charge in [0.15, 0.2) is 11.4 Å². The molecule has 1 saturated carbocycles. The van der Waals surface area contributed by atoms with Crippen molar-refractivity contribution in [2.45, 2.75) is 58.1 Å². The van der Waals surface area contributed by atoms with Crippen LogP contribution in [0, 0.1) is 12.7 Å². The molecule has 1 aliphatic carbocycles. The summed E-state index contributed by atoms with van der Waals surface area (Å²) in [6, 6.07) is 7.71. The lowest BCUT2D eigenvalue weighted by Gasteiger charge is -2.41. The van der Waals surface area contributed by atoms with Crippen molar-refractivity contribution in [3.63, 3.8) is 0 Å². The van der Waals surface area contributed by atoms with E-state index in [1.54, 1.807) is 29.3 Å². The number of pyridine rings is 2. The Bertz CT molecular complexity index is 1890. The van der Waals surface area contributed by atoms with Crippen molar-refractivity contribution in [2.24, 2.45) is 0 Å². The fraction of sp³-hybridized carbons (Fsp3) is 0.406. The van der Waals surface area contributed by atoms with Gasteiger partial charge in [-0.2, -0.15) is 4.98 Å². The molecule has 2 fully saturated rings. The van der Waals surface area contributed by atoms with Crippen molar-refractivity contribution in [1.82, 2.24) is 24.4 Å². The van der Waals surface area contributed by atoms with Gasteiger partial charge in [0, 0.05) is 37.3 Å². The maximum absolute atomic E-state index is 15.2. The van der Waals surface area contributed by atoms with Gasteiger partial charge in [-0.15, -0.1) is 0 Å². The Balaban J connectivity index is 1.46. The molecule has 4 aromatic rings. The number of hydrogen-bond acceptors (Lipinski definition) is 8. The van der Waals surface area contributed by atoms with E-state index in [9.17, 15) is 9.59 Å². The zero-order valence-electron chi connectivity index (χ0n) is 24.9. The Kier molecular flexibility index (Phi) is 6.76. The third kappa shape index (κ3) is 4.83. The summed E-state index contributed by atoms with van der Waals surface area (Å²) in [5.41, 5.74) is 1.66. The standard InChI is InChI=1S/C32H32ClFN6O4/c1-17-11-12-35-24(18-9-10-18)26(17)40-29-22-27(23(33)25(36-29)20-7-5-6-8-21(20)34)43-16-19-15-38(31(42)44-32(2,3)4)13-14-39(19)28(22)37-30(40)41/h5-8,11-12,18-19H,9-10,13-16H2,1-4H3/t19-/m1/s1. The molecule has 1 aromatic carbocycles. The van der Waals surface area contributed by atoms with Gasteiger partial charge in [-0.25, -0.2) is 23.5 Å². The molecule has 5 heterocycles. The second kappa shape index (κ2) is 10.4. The summed E-state index contributed by atoms with van der Waals surface area (Å²) in [6.07, 6.45) is 3.26. The minimum absolute atomic E-state index is 0.116. The second-order valence-corrected chi connectivity index (χ2v) is 12.9. The molecule has 1 saturated heterocycles. The predicted octanol–water partition coefficient (Wildman–Crippen LogP) is 5.64. The molecule has 3 aromatic heterocycles. The fourth-order valence-corrected chi connectivity index (χ4v) is 6.32. The first-order valence-corrected chi connectivity index (χ1v) is 15.1. The third-order valence-electron chi connectivity index (χ3n) is 8.20. The molecule has 2 aliphatic heterocycles. The number of ether oxygens (including phenoxy) is 2. The van der Waals surface area contributed by atoms with Gasteiger partial charge < -0.3 is 19.3 Å². The number of fused-ring (bicyclic) bond motifs is 2. The number of carbonyl (C=O) groups excluding carboxylic acids is 1. The van der Waals surface area contributed by atoms with E-state index in [0.29, 0.717) is 30.0 Å². The van der Waals surface area contributed by atoms with E-state index in [-0.39, 0.29) is 52.8 Å². The van der Waals surface area contributed by atoms with Gasteiger partial charge in [0.25, 0.3) is 0 Å². The van der Waals surface area contributed by atoms with E-state index < -0.39 is 23.2 Å². The Hall–Kier alpha value is -4.25. The number of nitrogens with zero attached hydrogens (tertiary/aromatic N) is 6. The molecule has 1 amide bonds. The summed E-state index contributed by atoms with van der Waals surface area (Å²) in [7, 11) is 0. The van der Waals surface area contributed by atoms with Gasteiger partial charge in [-0.3, -0.25) is 4.98 Å². The van der Waals surface area contributed by atoms with Gasteiger partial charge >= 0.3 is 11.8 Å². The normalized spacial score (nSPS) is 18.1. The summed E-state index contributed by atoms with van der Waals surface area (Å²) in [5, 5.41) is 0.568. The number of halogens is 2. The number of anilines is 1. The minimum atomic E-state index is -0.644. The highest BCUT2D eigenvalue weighted by Crippen LogP contribution is 2.47. The maximum Gasteiger partial charge on any atom is 0.410 e. The minimum Gasteiger partial charge on any atom is -0.489 e. The lowest BCUT2D eigenvalue weighted by molar-refractivity contribution is 0.0202. The summed E-state index contributed by atoms with van der Waals surface area (Å²) in [5.74, 6) is 0.346. The van der Waals surface area contributed by atoms with E-state index in [2.05, 4.69) is 9.97 Å². The van der Waals surface area contributed by atoms with Crippen LogP contribution in [0.25, 0.3) is 28.0 Å². The first kappa shape index (κ1) is 28.5. The van der Waals surface area contributed by atoms with Crippen LogP contribution in [0.15, 0.2) is 41.3 Å². The number of carbonyl (C=O) groups is 1. The van der Waals surface area contributed by atoms with Gasteiger partial charge in [0.05, 0.1) is 23.1 Å². The van der Waals surface area contributed by atoms with Gasteiger partial charge in [0.1, 0.15) is 34.3 Å². The SMILES string of the molecule is Cc1ccnc(C2CC2)c1-n1c(=O)nc2c3c(c(Cl)c(-c4ccccc4F)nc31)OC[C@H]1CN(C(=O)OC(C)(C)C)CCN21. The first-order chi connectivity index (χ1) is 21.0. The average molecular weight is 619 g/mol. The molecule has 3 aliphatic rings. The molecule has 0 N–H and O–H groups in total. The van der Waals surface area contributed by atoms with E-state index in [0.717, 1.165) is 24.1 Å². The molecule has 44 heavy (non-hydrogen) atoms. The zero-order valence-corrected chi connectivity index (χ0v) is 25.7. The van der Waals surface area contributed by atoms with E-state index in [1.807, 2.05) is 38.7 Å². The van der Waals surface area contributed by atoms with Crippen LogP contribution in [0.1, 0.15) is 50.8 Å². The first-order valence-electron chi connectivity index (χ1n) is 14.8. The Morgan fingerprint density at radius 2 is 1.91 bits per heavy atom. The van der Waals surface area contributed by atoms with Gasteiger partial charge in [-0.05, 0) is 64.3 Å².